The number of ether oxygens (including phenoxy) is 2. The molecule has 2 amide bonds. The van der Waals surface area contributed by atoms with Crippen molar-refractivity contribution in [1.29, 1.82) is 5.26 Å². The Morgan fingerprint density at radius 1 is 1.03 bits per heavy atom. The fourth-order valence-electron chi connectivity index (χ4n) is 3.14. The van der Waals surface area contributed by atoms with Crippen LogP contribution in [0, 0.1) is 11.3 Å². The molecule has 3 aromatic carbocycles. The summed E-state index contributed by atoms with van der Waals surface area (Å²) in [6, 6.07) is 15.1. The van der Waals surface area contributed by atoms with E-state index in [1.807, 2.05) is 0 Å². The van der Waals surface area contributed by atoms with Crippen molar-refractivity contribution in [2.45, 2.75) is 6.18 Å². The van der Waals surface area contributed by atoms with Crippen LogP contribution in [-0.2, 0) is 15.8 Å². The maximum absolute atomic E-state index is 12.9. The Morgan fingerprint density at radius 3 is 2.42 bits per heavy atom. The summed E-state index contributed by atoms with van der Waals surface area (Å²) in [6.45, 7) is -0.431. The van der Waals surface area contributed by atoms with Crippen molar-refractivity contribution in [3.8, 4) is 17.6 Å². The Balaban J connectivity index is 1.76. The lowest BCUT2D eigenvalue weighted by atomic mass is 10.1. The highest BCUT2D eigenvalue weighted by Crippen LogP contribution is 2.37. The lowest BCUT2D eigenvalue weighted by Gasteiger charge is -2.14. The number of hydrogen-bond donors (Lipinski definition) is 2. The van der Waals surface area contributed by atoms with Crippen molar-refractivity contribution in [2.24, 2.45) is 0 Å². The lowest BCUT2D eigenvalue weighted by Crippen LogP contribution is -2.20. The number of amides is 2. The highest BCUT2D eigenvalue weighted by atomic mass is 35.5. The number of para-hydroxylation sites is 1. The minimum Gasteiger partial charge on any atom is -0.493 e. The molecule has 0 aliphatic carbocycles. The van der Waals surface area contributed by atoms with Crippen LogP contribution in [0.15, 0.2) is 66.2 Å². The van der Waals surface area contributed by atoms with Crippen LogP contribution in [0.1, 0.15) is 11.1 Å². The normalized spacial score (nSPS) is 11.3. The van der Waals surface area contributed by atoms with Crippen molar-refractivity contribution in [3.63, 3.8) is 0 Å². The van der Waals surface area contributed by atoms with Crippen molar-refractivity contribution in [2.75, 3.05) is 24.4 Å². The van der Waals surface area contributed by atoms with Crippen molar-refractivity contribution in [3.05, 3.63) is 87.4 Å². The maximum atomic E-state index is 12.9. The molecule has 0 radical (unpaired) electrons. The van der Waals surface area contributed by atoms with Crippen LogP contribution in [0.2, 0.25) is 10.0 Å². The van der Waals surface area contributed by atoms with E-state index in [2.05, 4.69) is 10.6 Å². The molecule has 0 saturated carbocycles. The van der Waals surface area contributed by atoms with Crippen LogP contribution >= 0.6 is 23.2 Å². The van der Waals surface area contributed by atoms with E-state index in [1.165, 1.54) is 31.4 Å². The molecule has 7 nitrogen and oxygen atoms in total. The highest BCUT2D eigenvalue weighted by molar-refractivity contribution is 6.33. The zero-order chi connectivity index (χ0) is 27.9. The first-order chi connectivity index (χ1) is 18.0. The summed E-state index contributed by atoms with van der Waals surface area (Å²) in [5.74, 6) is -1.31. The average molecular weight is 564 g/mol. The Kier molecular flexibility index (Phi) is 9.23. The van der Waals surface area contributed by atoms with Crippen molar-refractivity contribution < 1.29 is 32.2 Å². The number of nitriles is 1. The van der Waals surface area contributed by atoms with Gasteiger partial charge in [-0.15, -0.1) is 0 Å². The Bertz CT molecular complexity index is 1440. The lowest BCUT2D eigenvalue weighted by molar-refractivity contribution is -0.137. The summed E-state index contributed by atoms with van der Waals surface area (Å²) < 4.78 is 49.6. The van der Waals surface area contributed by atoms with Crippen LogP contribution in [0.5, 0.6) is 11.5 Å². The van der Waals surface area contributed by atoms with Gasteiger partial charge in [0.2, 0.25) is 0 Å². The molecule has 0 unspecified atom stereocenters. The number of benzene rings is 3. The topological polar surface area (TPSA) is 100 Å². The second-order valence-corrected chi connectivity index (χ2v) is 8.37. The van der Waals surface area contributed by atoms with Gasteiger partial charge in [0, 0.05) is 5.69 Å². The van der Waals surface area contributed by atoms with Crippen molar-refractivity contribution in [1.82, 2.24) is 0 Å². The molecule has 38 heavy (non-hydrogen) atoms. The van der Waals surface area contributed by atoms with Gasteiger partial charge < -0.3 is 20.1 Å². The maximum Gasteiger partial charge on any atom is 0.416 e. The number of rotatable bonds is 8. The number of alkyl halides is 3. The molecule has 0 bridgehead atoms. The third-order valence-electron chi connectivity index (χ3n) is 4.87. The summed E-state index contributed by atoms with van der Waals surface area (Å²) in [5.41, 5.74) is -0.844. The van der Waals surface area contributed by atoms with E-state index in [0.717, 1.165) is 18.2 Å². The molecule has 0 aliphatic heterocycles. The Morgan fingerprint density at radius 2 is 1.76 bits per heavy atom. The molecule has 0 atom stereocenters. The van der Waals surface area contributed by atoms with Crippen LogP contribution in [0.3, 0.4) is 0 Å². The fourth-order valence-corrected chi connectivity index (χ4v) is 3.59. The predicted octanol–water partition coefficient (Wildman–Crippen LogP) is 6.58. The monoisotopic (exact) mass is 563 g/mol. The first kappa shape index (κ1) is 28.4. The summed E-state index contributed by atoms with van der Waals surface area (Å²) in [7, 11) is 1.32. The van der Waals surface area contributed by atoms with Crippen molar-refractivity contribution >= 4 is 52.5 Å². The van der Waals surface area contributed by atoms with Gasteiger partial charge in [0.1, 0.15) is 11.6 Å². The van der Waals surface area contributed by atoms with E-state index >= 15 is 0 Å². The average Bonchev–Trinajstić information content (AvgIpc) is 2.87. The predicted molar refractivity (Wildman–Crippen MR) is 137 cm³/mol. The number of nitrogens with one attached hydrogen (secondary N) is 2. The molecule has 3 aromatic rings. The van der Waals surface area contributed by atoms with Gasteiger partial charge in [0.15, 0.2) is 18.1 Å². The zero-order valence-electron chi connectivity index (χ0n) is 19.5. The Hall–Kier alpha value is -4.20. The third-order valence-corrected chi connectivity index (χ3v) is 5.48. The van der Waals surface area contributed by atoms with Crippen LogP contribution in [0.4, 0.5) is 24.5 Å². The smallest absolute Gasteiger partial charge is 0.416 e. The first-order valence-electron chi connectivity index (χ1n) is 10.7. The quantitative estimate of drug-likeness (QED) is 0.238. The van der Waals surface area contributed by atoms with Crippen LogP contribution < -0.4 is 20.1 Å². The number of anilines is 2. The number of carbonyl (C=O) groups is 2. The van der Waals surface area contributed by atoms with Gasteiger partial charge in [-0.25, -0.2) is 0 Å². The standard InChI is InChI=1S/C26H18Cl2F3N3O4/c1-37-22-11-15(9-16(13-32)25(36)33-18-6-4-5-17(12-18)26(29,30)31)10-20(28)24(22)38-14-23(35)34-21-8-3-2-7-19(21)27/h2-12H,14H2,1H3,(H,33,36)(H,34,35)/b16-9+. The van der Waals surface area contributed by atoms with E-state index in [1.54, 1.807) is 30.3 Å². The summed E-state index contributed by atoms with van der Waals surface area (Å²) in [4.78, 5) is 24.8. The molecule has 0 spiro atoms. The number of halogens is 5. The van der Waals surface area contributed by atoms with Crippen LogP contribution in [-0.4, -0.2) is 25.5 Å². The number of methoxy groups -OCH3 is 1. The van der Waals surface area contributed by atoms with Gasteiger partial charge in [-0.1, -0.05) is 41.4 Å². The molecule has 0 heterocycles. The SMILES string of the molecule is COc1cc(/C=C(\C#N)C(=O)Nc2cccc(C(F)(F)F)c2)cc(Cl)c1OCC(=O)Nc1ccccc1Cl. The van der Waals surface area contributed by atoms with Gasteiger partial charge >= 0.3 is 6.18 Å². The second kappa shape index (κ2) is 12.4. The molecule has 12 heteroatoms. The number of hydrogen-bond acceptors (Lipinski definition) is 5. The van der Waals surface area contributed by atoms with Gasteiger partial charge in [0.25, 0.3) is 11.8 Å². The zero-order valence-corrected chi connectivity index (χ0v) is 21.0. The molecule has 0 saturated heterocycles. The number of nitrogens with zero attached hydrogens (tertiary/aromatic N) is 1. The minimum absolute atomic E-state index is 0.0109. The molecule has 0 aliphatic rings. The molecule has 196 valence electrons. The molecule has 2 N–H and O–H groups in total. The molecular weight excluding hydrogens is 546 g/mol. The Labute approximate surface area is 225 Å². The van der Waals surface area contributed by atoms with E-state index in [4.69, 9.17) is 32.7 Å². The molecule has 3 rings (SSSR count). The first-order valence-corrected chi connectivity index (χ1v) is 11.4. The van der Waals surface area contributed by atoms with E-state index < -0.39 is 35.7 Å². The minimum atomic E-state index is -4.60. The summed E-state index contributed by atoms with van der Waals surface area (Å²) in [6.07, 6.45) is -3.42. The summed E-state index contributed by atoms with van der Waals surface area (Å²) >= 11 is 12.3. The van der Waals surface area contributed by atoms with Gasteiger partial charge in [-0.3, -0.25) is 9.59 Å². The molecule has 0 aromatic heterocycles. The number of carbonyl (C=O) groups excluding carboxylic acids is 2. The second-order valence-electron chi connectivity index (χ2n) is 7.55. The van der Waals surface area contributed by atoms with E-state index in [9.17, 15) is 28.0 Å². The molecule has 0 fully saturated rings. The van der Waals surface area contributed by atoms with E-state index in [-0.39, 0.29) is 27.8 Å². The van der Waals surface area contributed by atoms with Gasteiger partial charge in [-0.05, 0) is 54.1 Å². The summed E-state index contributed by atoms with van der Waals surface area (Å²) in [5, 5.41) is 14.7. The van der Waals surface area contributed by atoms with Gasteiger partial charge in [0.05, 0.1) is 28.4 Å². The highest BCUT2D eigenvalue weighted by Gasteiger charge is 2.30. The van der Waals surface area contributed by atoms with Gasteiger partial charge in [-0.2, -0.15) is 18.4 Å². The van der Waals surface area contributed by atoms with E-state index in [0.29, 0.717) is 10.7 Å². The largest absolute Gasteiger partial charge is 0.493 e. The third kappa shape index (κ3) is 7.41. The van der Waals surface area contributed by atoms with Crippen LogP contribution in [0.25, 0.3) is 6.08 Å². The molecular formula is C26H18Cl2F3N3O4. The fraction of sp³-hybridized carbons (Fsp3) is 0.115.